The zero-order valence-electron chi connectivity index (χ0n) is 7.48. The Morgan fingerprint density at radius 1 is 1.46 bits per heavy atom. The van der Waals surface area contributed by atoms with Crippen LogP contribution in [-0.4, -0.2) is 48.0 Å². The van der Waals surface area contributed by atoms with Crippen molar-refractivity contribution in [3.63, 3.8) is 0 Å². The van der Waals surface area contributed by atoms with Gasteiger partial charge in [-0.05, 0) is 6.92 Å². The maximum atomic E-state index is 10.6. The first kappa shape index (κ1) is 11.9. The highest BCUT2D eigenvalue weighted by atomic mass is 16.5. The van der Waals surface area contributed by atoms with Gasteiger partial charge in [-0.1, -0.05) is 0 Å². The summed E-state index contributed by atoms with van der Waals surface area (Å²) in [4.78, 5) is 20.7. The largest absolute Gasteiger partial charge is 0.480 e. The molecule has 0 aromatic carbocycles. The molecule has 13 heavy (non-hydrogen) atoms. The first-order valence-corrected chi connectivity index (χ1v) is 3.69. The van der Waals surface area contributed by atoms with Crippen LogP contribution >= 0.6 is 0 Å². The van der Waals surface area contributed by atoms with E-state index < -0.39 is 30.6 Å². The number of nitrogens with one attached hydrogen (secondary N) is 1. The van der Waals surface area contributed by atoms with Crippen LogP contribution in [0.1, 0.15) is 6.92 Å². The molecule has 0 fully saturated rings. The van der Waals surface area contributed by atoms with Crippen molar-refractivity contribution in [1.82, 2.24) is 5.32 Å². The summed E-state index contributed by atoms with van der Waals surface area (Å²) < 4.78 is 4.77. The highest BCUT2D eigenvalue weighted by molar-refractivity contribution is 5.76. The summed E-state index contributed by atoms with van der Waals surface area (Å²) in [6.45, 7) is 1.15. The molecule has 3 N–H and O–H groups in total. The highest BCUT2D eigenvalue weighted by Crippen LogP contribution is 1.97. The van der Waals surface area contributed by atoms with Crippen molar-refractivity contribution >= 4 is 11.9 Å². The molecule has 0 spiro atoms. The van der Waals surface area contributed by atoms with Crippen molar-refractivity contribution in [2.45, 2.75) is 19.1 Å². The van der Waals surface area contributed by atoms with Crippen LogP contribution in [0.5, 0.6) is 0 Å². The van der Waals surface area contributed by atoms with E-state index >= 15 is 0 Å². The average Bonchev–Trinajstić information content (AvgIpc) is 2.03. The van der Waals surface area contributed by atoms with E-state index in [0.717, 1.165) is 0 Å². The Balaban J connectivity index is 4.10. The molecule has 0 aliphatic heterocycles. The third-order valence-electron chi connectivity index (χ3n) is 1.58. The summed E-state index contributed by atoms with van der Waals surface area (Å²) in [5.41, 5.74) is 0. The Bertz CT molecular complexity index is 193. The molecule has 0 radical (unpaired) electrons. The Morgan fingerprint density at radius 2 is 2.00 bits per heavy atom. The van der Waals surface area contributed by atoms with E-state index in [0.29, 0.717) is 0 Å². The number of ether oxygens (including phenoxy) is 1. The SMILES string of the molecule is COC(C)C(NCC(=O)O)C(=O)O. The normalized spacial score (nSPS) is 14.9. The van der Waals surface area contributed by atoms with Crippen molar-refractivity contribution in [2.75, 3.05) is 13.7 Å². The van der Waals surface area contributed by atoms with Gasteiger partial charge in [-0.2, -0.15) is 0 Å². The van der Waals surface area contributed by atoms with Crippen LogP contribution < -0.4 is 5.32 Å². The van der Waals surface area contributed by atoms with Gasteiger partial charge >= 0.3 is 11.9 Å². The maximum Gasteiger partial charge on any atom is 0.323 e. The molecule has 0 amide bonds. The zero-order valence-corrected chi connectivity index (χ0v) is 7.48. The molecule has 0 aliphatic carbocycles. The highest BCUT2D eigenvalue weighted by Gasteiger charge is 2.24. The van der Waals surface area contributed by atoms with E-state index in [9.17, 15) is 9.59 Å². The van der Waals surface area contributed by atoms with E-state index in [4.69, 9.17) is 14.9 Å². The molecule has 0 aliphatic rings. The smallest absolute Gasteiger partial charge is 0.323 e. The predicted molar refractivity (Wildman–Crippen MR) is 43.5 cm³/mol. The monoisotopic (exact) mass is 191 g/mol. The van der Waals surface area contributed by atoms with E-state index in [1.807, 2.05) is 0 Å². The fourth-order valence-corrected chi connectivity index (χ4v) is 0.787. The number of carboxylic acid groups (broad SMARTS) is 2. The van der Waals surface area contributed by atoms with Gasteiger partial charge in [-0.3, -0.25) is 14.9 Å². The van der Waals surface area contributed by atoms with Crippen molar-refractivity contribution in [1.29, 1.82) is 0 Å². The summed E-state index contributed by atoms with van der Waals surface area (Å²) in [6, 6.07) is -0.999. The van der Waals surface area contributed by atoms with Crippen LogP contribution in [0.15, 0.2) is 0 Å². The number of carboxylic acids is 2. The fraction of sp³-hybridized carbons (Fsp3) is 0.714. The van der Waals surface area contributed by atoms with Crippen LogP contribution in [0.4, 0.5) is 0 Å². The van der Waals surface area contributed by atoms with Crippen molar-refractivity contribution in [2.24, 2.45) is 0 Å². The van der Waals surface area contributed by atoms with E-state index in [2.05, 4.69) is 5.32 Å². The summed E-state index contributed by atoms with van der Waals surface area (Å²) in [5.74, 6) is -2.23. The lowest BCUT2D eigenvalue weighted by Crippen LogP contribution is -2.47. The maximum absolute atomic E-state index is 10.6. The molecule has 0 aromatic heterocycles. The Labute approximate surface area is 75.5 Å². The van der Waals surface area contributed by atoms with Crippen molar-refractivity contribution in [3.05, 3.63) is 0 Å². The molecule has 0 saturated carbocycles. The molecule has 6 heteroatoms. The van der Waals surface area contributed by atoms with E-state index in [-0.39, 0.29) is 0 Å². The number of methoxy groups -OCH3 is 1. The molecule has 0 aromatic rings. The number of rotatable bonds is 6. The second-order valence-corrected chi connectivity index (χ2v) is 2.53. The van der Waals surface area contributed by atoms with Gasteiger partial charge in [0, 0.05) is 7.11 Å². The fourth-order valence-electron chi connectivity index (χ4n) is 0.787. The van der Waals surface area contributed by atoms with Crippen LogP contribution in [0, 0.1) is 0 Å². The van der Waals surface area contributed by atoms with Crippen LogP contribution in [0.2, 0.25) is 0 Å². The topological polar surface area (TPSA) is 95.9 Å². The lowest BCUT2D eigenvalue weighted by molar-refractivity contribution is -0.143. The van der Waals surface area contributed by atoms with Crippen molar-refractivity contribution in [3.8, 4) is 0 Å². The Morgan fingerprint density at radius 3 is 2.31 bits per heavy atom. The second kappa shape index (κ2) is 5.50. The van der Waals surface area contributed by atoms with Gasteiger partial charge in [0.1, 0.15) is 6.04 Å². The Kier molecular flexibility index (Phi) is 5.01. The van der Waals surface area contributed by atoms with Gasteiger partial charge in [0.15, 0.2) is 0 Å². The molecule has 76 valence electrons. The second-order valence-electron chi connectivity index (χ2n) is 2.53. The molecule has 0 rings (SSSR count). The Hall–Kier alpha value is -1.14. The third-order valence-corrected chi connectivity index (χ3v) is 1.58. The summed E-state index contributed by atoms with van der Waals surface area (Å²) in [6.07, 6.45) is -0.572. The van der Waals surface area contributed by atoms with Gasteiger partial charge in [0.25, 0.3) is 0 Å². The average molecular weight is 191 g/mol. The first-order valence-electron chi connectivity index (χ1n) is 3.69. The van der Waals surface area contributed by atoms with Crippen molar-refractivity contribution < 1.29 is 24.5 Å². The minimum Gasteiger partial charge on any atom is -0.480 e. The van der Waals surface area contributed by atoms with Gasteiger partial charge in [0.05, 0.1) is 12.6 Å². The molecule has 0 heterocycles. The summed E-state index contributed by atoms with van der Waals surface area (Å²) in [5, 5.41) is 19.3. The third kappa shape index (κ3) is 4.44. The molecular formula is C7H13NO5. The van der Waals surface area contributed by atoms with E-state index in [1.54, 1.807) is 6.92 Å². The van der Waals surface area contributed by atoms with Gasteiger partial charge in [0.2, 0.25) is 0 Å². The van der Waals surface area contributed by atoms with Gasteiger partial charge < -0.3 is 14.9 Å². The van der Waals surface area contributed by atoms with Gasteiger partial charge in [-0.25, -0.2) is 0 Å². The van der Waals surface area contributed by atoms with E-state index in [1.165, 1.54) is 7.11 Å². The van der Waals surface area contributed by atoms with Crippen LogP contribution in [0.3, 0.4) is 0 Å². The summed E-state index contributed by atoms with van der Waals surface area (Å²) in [7, 11) is 1.36. The number of carbonyl (C=O) groups is 2. The molecular weight excluding hydrogens is 178 g/mol. The number of aliphatic carboxylic acids is 2. The van der Waals surface area contributed by atoms with Gasteiger partial charge in [-0.15, -0.1) is 0 Å². The van der Waals surface area contributed by atoms with Crippen LogP contribution in [-0.2, 0) is 14.3 Å². The molecule has 6 nitrogen and oxygen atoms in total. The quantitative estimate of drug-likeness (QED) is 0.506. The minimum absolute atomic E-state index is 0.398. The summed E-state index contributed by atoms with van der Waals surface area (Å²) >= 11 is 0. The molecule has 0 saturated heterocycles. The van der Waals surface area contributed by atoms with Crippen LogP contribution in [0.25, 0.3) is 0 Å². The number of hydrogen-bond acceptors (Lipinski definition) is 4. The molecule has 2 atom stereocenters. The molecule has 2 unspecified atom stereocenters. The predicted octanol–water partition coefficient (Wildman–Crippen LogP) is -0.851. The standard InChI is InChI=1S/C7H13NO5/c1-4(13-2)6(7(11)12)8-3-5(9)10/h4,6,8H,3H2,1-2H3,(H,9,10)(H,11,12). The molecule has 0 bridgehead atoms. The lowest BCUT2D eigenvalue weighted by atomic mass is 10.2. The first-order chi connectivity index (χ1) is 5.99. The zero-order chi connectivity index (χ0) is 10.4. The lowest BCUT2D eigenvalue weighted by Gasteiger charge is -2.18. The minimum atomic E-state index is -1.13. The number of hydrogen-bond donors (Lipinski definition) is 3.